The van der Waals surface area contributed by atoms with E-state index in [0.717, 1.165) is 31.4 Å². The maximum Gasteiger partial charge on any atom is 0.119 e. The zero-order valence-electron chi connectivity index (χ0n) is 12.9. The van der Waals surface area contributed by atoms with Crippen LogP contribution in [0.2, 0.25) is 0 Å². The van der Waals surface area contributed by atoms with Crippen LogP contribution in [0.1, 0.15) is 58.4 Å². The summed E-state index contributed by atoms with van der Waals surface area (Å²) >= 11 is 0. The highest BCUT2D eigenvalue weighted by atomic mass is 16.5. The highest BCUT2D eigenvalue weighted by Gasteiger charge is 2.33. The topological polar surface area (TPSA) is 33.0 Å². The van der Waals surface area contributed by atoms with E-state index in [-0.39, 0.29) is 10.8 Å². The van der Waals surface area contributed by atoms with E-state index in [1.807, 2.05) is 12.1 Å². The van der Waals surface area contributed by atoms with E-state index in [1.54, 1.807) is 0 Å². The first-order valence-corrected chi connectivity index (χ1v) is 7.60. The lowest BCUT2D eigenvalue weighted by Gasteiger charge is -2.30. The molecular weight excluding hydrogens is 246 g/mol. The Kier molecular flexibility index (Phi) is 4.38. The van der Waals surface area contributed by atoms with Crippen LogP contribution in [-0.4, -0.2) is 6.61 Å². The predicted molar refractivity (Wildman–Crippen MR) is 81.8 cm³/mol. The van der Waals surface area contributed by atoms with Gasteiger partial charge in [-0.25, -0.2) is 0 Å². The minimum Gasteiger partial charge on any atom is -0.492 e. The Bertz CT molecular complexity index is 470. The lowest BCUT2D eigenvalue weighted by Crippen LogP contribution is -2.29. The molecule has 1 aliphatic rings. The van der Waals surface area contributed by atoms with E-state index in [2.05, 4.69) is 39.0 Å². The fourth-order valence-electron chi connectivity index (χ4n) is 2.79. The van der Waals surface area contributed by atoms with Gasteiger partial charge >= 0.3 is 0 Å². The van der Waals surface area contributed by atoms with Crippen molar-refractivity contribution >= 4 is 0 Å². The van der Waals surface area contributed by atoms with Crippen LogP contribution in [-0.2, 0) is 5.41 Å². The molecule has 20 heavy (non-hydrogen) atoms. The smallest absolute Gasteiger partial charge is 0.119 e. The van der Waals surface area contributed by atoms with Gasteiger partial charge in [-0.1, -0.05) is 52.2 Å². The molecule has 0 saturated heterocycles. The average Bonchev–Trinajstić information content (AvgIpc) is 2.46. The molecule has 0 aromatic heterocycles. The second-order valence-corrected chi connectivity index (χ2v) is 7.02. The lowest BCUT2D eigenvalue weighted by atomic mass is 9.76. The standard InChI is InChI=1S/C18H25NO/c1-17(2,3)15-7-9-16(10-8-15)20-14-18(13-19)11-5-4-6-12-18/h7-10H,4-6,11-12,14H2,1-3H3. The number of hydrogen-bond acceptors (Lipinski definition) is 2. The number of benzene rings is 1. The van der Waals surface area contributed by atoms with Crippen molar-refractivity contribution < 1.29 is 4.74 Å². The van der Waals surface area contributed by atoms with Gasteiger partial charge in [0.2, 0.25) is 0 Å². The summed E-state index contributed by atoms with van der Waals surface area (Å²) in [6, 6.07) is 10.8. The van der Waals surface area contributed by atoms with Gasteiger partial charge in [-0.05, 0) is 36.0 Å². The van der Waals surface area contributed by atoms with E-state index in [9.17, 15) is 5.26 Å². The Morgan fingerprint density at radius 2 is 1.70 bits per heavy atom. The minimum absolute atomic E-state index is 0.162. The van der Waals surface area contributed by atoms with Crippen LogP contribution in [0.25, 0.3) is 0 Å². The first kappa shape index (κ1) is 14.9. The molecule has 1 aromatic rings. The molecule has 2 rings (SSSR count). The van der Waals surface area contributed by atoms with Crippen LogP contribution >= 0.6 is 0 Å². The van der Waals surface area contributed by atoms with Gasteiger partial charge in [0.1, 0.15) is 12.4 Å². The molecule has 2 nitrogen and oxygen atoms in total. The van der Waals surface area contributed by atoms with Crippen molar-refractivity contribution in [3.63, 3.8) is 0 Å². The van der Waals surface area contributed by atoms with Gasteiger partial charge in [-0.2, -0.15) is 5.26 Å². The van der Waals surface area contributed by atoms with Gasteiger partial charge < -0.3 is 4.74 Å². The summed E-state index contributed by atoms with van der Waals surface area (Å²) in [7, 11) is 0. The van der Waals surface area contributed by atoms with Crippen molar-refractivity contribution in [1.82, 2.24) is 0 Å². The van der Waals surface area contributed by atoms with Crippen LogP contribution in [0, 0.1) is 16.7 Å². The van der Waals surface area contributed by atoms with E-state index in [4.69, 9.17) is 4.74 Å². The van der Waals surface area contributed by atoms with Crippen molar-refractivity contribution in [2.45, 2.75) is 58.3 Å². The van der Waals surface area contributed by atoms with Crippen molar-refractivity contribution in [3.05, 3.63) is 29.8 Å². The zero-order valence-corrected chi connectivity index (χ0v) is 12.9. The third kappa shape index (κ3) is 3.54. The fourth-order valence-corrected chi connectivity index (χ4v) is 2.79. The summed E-state index contributed by atoms with van der Waals surface area (Å²) in [6.07, 6.45) is 5.51. The molecule has 1 aliphatic carbocycles. The highest BCUT2D eigenvalue weighted by molar-refractivity contribution is 5.31. The number of nitriles is 1. The Morgan fingerprint density at radius 3 is 2.20 bits per heavy atom. The average molecular weight is 271 g/mol. The molecule has 0 amide bonds. The number of nitrogens with zero attached hydrogens (tertiary/aromatic N) is 1. The molecule has 0 spiro atoms. The molecule has 2 heteroatoms. The number of rotatable bonds is 3. The number of ether oxygens (including phenoxy) is 1. The van der Waals surface area contributed by atoms with Crippen molar-refractivity contribution in [2.24, 2.45) is 5.41 Å². The first-order valence-electron chi connectivity index (χ1n) is 7.60. The minimum atomic E-state index is -0.263. The SMILES string of the molecule is CC(C)(C)c1ccc(OCC2(C#N)CCCCC2)cc1. The summed E-state index contributed by atoms with van der Waals surface area (Å²) in [5.74, 6) is 0.873. The molecule has 0 heterocycles. The molecule has 108 valence electrons. The maximum absolute atomic E-state index is 9.44. The molecule has 0 unspecified atom stereocenters. The van der Waals surface area contributed by atoms with E-state index >= 15 is 0 Å². The molecule has 1 saturated carbocycles. The highest BCUT2D eigenvalue weighted by Crippen LogP contribution is 2.36. The van der Waals surface area contributed by atoms with Crippen molar-refractivity contribution in [2.75, 3.05) is 6.61 Å². The molecule has 0 bridgehead atoms. The molecular formula is C18H25NO. The lowest BCUT2D eigenvalue weighted by molar-refractivity contribution is 0.150. The van der Waals surface area contributed by atoms with Crippen molar-refractivity contribution in [1.29, 1.82) is 5.26 Å². The Balaban J connectivity index is 1.98. The molecule has 0 atom stereocenters. The second-order valence-electron chi connectivity index (χ2n) is 7.02. The van der Waals surface area contributed by atoms with Crippen LogP contribution in [0.4, 0.5) is 0 Å². The molecule has 0 aliphatic heterocycles. The van der Waals surface area contributed by atoms with E-state index < -0.39 is 0 Å². The summed E-state index contributed by atoms with van der Waals surface area (Å²) in [6.45, 7) is 7.14. The third-order valence-corrected chi connectivity index (χ3v) is 4.28. The molecule has 0 radical (unpaired) electrons. The monoisotopic (exact) mass is 271 g/mol. The molecule has 1 aromatic carbocycles. The summed E-state index contributed by atoms with van der Waals surface area (Å²) in [4.78, 5) is 0. The van der Waals surface area contributed by atoms with Crippen molar-refractivity contribution in [3.8, 4) is 11.8 Å². The summed E-state index contributed by atoms with van der Waals surface area (Å²) in [5, 5.41) is 9.44. The van der Waals surface area contributed by atoms with Gasteiger partial charge in [-0.3, -0.25) is 0 Å². The first-order chi connectivity index (χ1) is 9.45. The Labute approximate surface area is 122 Å². The third-order valence-electron chi connectivity index (χ3n) is 4.28. The van der Waals surface area contributed by atoms with E-state index in [0.29, 0.717) is 6.61 Å². The largest absolute Gasteiger partial charge is 0.492 e. The number of hydrogen-bond donors (Lipinski definition) is 0. The fraction of sp³-hybridized carbons (Fsp3) is 0.611. The van der Waals surface area contributed by atoms with Crippen LogP contribution in [0.5, 0.6) is 5.75 Å². The predicted octanol–water partition coefficient (Wildman–Crippen LogP) is 4.84. The zero-order chi connectivity index (χ0) is 14.6. The Morgan fingerprint density at radius 1 is 1.10 bits per heavy atom. The van der Waals surface area contributed by atoms with E-state index in [1.165, 1.54) is 12.0 Å². The second kappa shape index (κ2) is 5.87. The normalized spacial score (nSPS) is 18.3. The van der Waals surface area contributed by atoms with Gasteiger partial charge in [0.05, 0.1) is 11.5 Å². The van der Waals surface area contributed by atoms with Gasteiger partial charge in [-0.15, -0.1) is 0 Å². The molecule has 1 fully saturated rings. The molecule has 0 N–H and O–H groups in total. The van der Waals surface area contributed by atoms with Gasteiger partial charge in [0.25, 0.3) is 0 Å². The maximum atomic E-state index is 9.44. The van der Waals surface area contributed by atoms with Crippen LogP contribution in [0.15, 0.2) is 24.3 Å². The van der Waals surface area contributed by atoms with Gasteiger partial charge in [0.15, 0.2) is 0 Å². The summed E-state index contributed by atoms with van der Waals surface area (Å²) < 4.78 is 5.88. The summed E-state index contributed by atoms with van der Waals surface area (Å²) in [5.41, 5.74) is 1.20. The van der Waals surface area contributed by atoms with Crippen LogP contribution in [0.3, 0.4) is 0 Å². The van der Waals surface area contributed by atoms with Gasteiger partial charge in [0, 0.05) is 0 Å². The quantitative estimate of drug-likeness (QED) is 0.788. The van der Waals surface area contributed by atoms with Crippen LogP contribution < -0.4 is 4.74 Å². The Hall–Kier alpha value is -1.49.